The largest absolute Gasteiger partial charge is 0.454 e. The molecule has 31 heavy (non-hydrogen) atoms. The van der Waals surface area contributed by atoms with Gasteiger partial charge in [-0.2, -0.15) is 0 Å². The standard InChI is InChI=1S/C23H24ClFN2O4/c24-12-21(28)27(13-15-5-10-19-20(11-15)31-14-30-19)22(16-6-8-17(25)9-7-16)23(29)26-18-3-1-2-4-18/h5-11,18,22H,1-4,12-14H2,(H,26,29)/t22-/m1/s1. The zero-order chi connectivity index (χ0) is 21.8. The van der Waals surface area contributed by atoms with Crippen LogP contribution in [0.1, 0.15) is 42.9 Å². The minimum Gasteiger partial charge on any atom is -0.454 e. The maximum atomic E-state index is 13.6. The number of alkyl halides is 1. The van der Waals surface area contributed by atoms with Crippen LogP contribution in [-0.4, -0.2) is 35.4 Å². The fourth-order valence-electron chi connectivity index (χ4n) is 4.10. The van der Waals surface area contributed by atoms with Gasteiger partial charge in [-0.3, -0.25) is 9.59 Å². The summed E-state index contributed by atoms with van der Waals surface area (Å²) in [6.45, 7) is 0.285. The Bertz CT molecular complexity index is 947. The smallest absolute Gasteiger partial charge is 0.247 e. The molecule has 6 nitrogen and oxygen atoms in total. The van der Waals surface area contributed by atoms with Gasteiger partial charge in [0.1, 0.15) is 17.7 Å². The lowest BCUT2D eigenvalue weighted by Crippen LogP contribution is -2.46. The van der Waals surface area contributed by atoms with E-state index < -0.39 is 17.8 Å². The summed E-state index contributed by atoms with van der Waals surface area (Å²) in [6, 6.07) is 10.2. The van der Waals surface area contributed by atoms with Gasteiger partial charge in [0, 0.05) is 12.6 Å². The molecule has 2 aromatic carbocycles. The highest BCUT2D eigenvalue weighted by Gasteiger charge is 2.33. The predicted molar refractivity (Wildman–Crippen MR) is 113 cm³/mol. The van der Waals surface area contributed by atoms with E-state index in [-0.39, 0.29) is 31.2 Å². The van der Waals surface area contributed by atoms with Crippen LogP contribution in [-0.2, 0) is 16.1 Å². The average Bonchev–Trinajstić information content (AvgIpc) is 3.45. The Morgan fingerprint density at radius 2 is 1.81 bits per heavy atom. The summed E-state index contributed by atoms with van der Waals surface area (Å²) >= 11 is 5.91. The van der Waals surface area contributed by atoms with Crippen molar-refractivity contribution in [3.63, 3.8) is 0 Å². The fraction of sp³-hybridized carbons (Fsp3) is 0.391. The molecule has 1 N–H and O–H groups in total. The number of benzene rings is 2. The van der Waals surface area contributed by atoms with Gasteiger partial charge in [0.15, 0.2) is 11.5 Å². The van der Waals surface area contributed by atoms with E-state index in [0.29, 0.717) is 17.1 Å². The molecule has 0 unspecified atom stereocenters. The molecule has 1 saturated carbocycles. The Morgan fingerprint density at radius 1 is 1.10 bits per heavy atom. The van der Waals surface area contributed by atoms with Crippen LogP contribution in [0.3, 0.4) is 0 Å². The summed E-state index contributed by atoms with van der Waals surface area (Å²) in [5, 5.41) is 3.06. The Hall–Kier alpha value is -2.80. The van der Waals surface area contributed by atoms with Gasteiger partial charge >= 0.3 is 0 Å². The van der Waals surface area contributed by atoms with Gasteiger partial charge in [-0.1, -0.05) is 31.0 Å². The van der Waals surface area contributed by atoms with Crippen LogP contribution >= 0.6 is 11.6 Å². The third-order valence-corrected chi connectivity index (χ3v) is 5.90. The number of carbonyl (C=O) groups is 2. The normalized spacial score (nSPS) is 16.2. The number of halogens is 2. The monoisotopic (exact) mass is 446 g/mol. The molecule has 0 saturated heterocycles. The number of nitrogens with zero attached hydrogens (tertiary/aromatic N) is 1. The van der Waals surface area contributed by atoms with Crippen LogP contribution in [0.5, 0.6) is 11.5 Å². The quantitative estimate of drug-likeness (QED) is 0.654. The number of nitrogens with one attached hydrogen (secondary N) is 1. The first-order valence-electron chi connectivity index (χ1n) is 10.3. The molecule has 0 spiro atoms. The van der Waals surface area contributed by atoms with Gasteiger partial charge in [0.05, 0.1) is 0 Å². The first-order valence-corrected chi connectivity index (χ1v) is 10.9. The number of ether oxygens (including phenoxy) is 2. The molecule has 4 rings (SSSR count). The van der Waals surface area contributed by atoms with Crippen LogP contribution in [0.15, 0.2) is 42.5 Å². The third kappa shape index (κ3) is 4.93. The van der Waals surface area contributed by atoms with Crippen molar-refractivity contribution in [1.29, 1.82) is 0 Å². The van der Waals surface area contributed by atoms with E-state index in [0.717, 1.165) is 31.2 Å². The zero-order valence-corrected chi connectivity index (χ0v) is 17.7. The van der Waals surface area contributed by atoms with Crippen LogP contribution in [0.2, 0.25) is 0 Å². The minimum absolute atomic E-state index is 0.0777. The Labute approximate surface area is 185 Å². The van der Waals surface area contributed by atoms with Gasteiger partial charge in [-0.05, 0) is 48.2 Å². The van der Waals surface area contributed by atoms with Crippen molar-refractivity contribution in [2.45, 2.75) is 44.3 Å². The molecule has 1 aliphatic heterocycles. The van der Waals surface area contributed by atoms with Crippen LogP contribution in [0.25, 0.3) is 0 Å². The Kier molecular flexibility index (Phi) is 6.61. The van der Waals surface area contributed by atoms with Crippen LogP contribution < -0.4 is 14.8 Å². The van der Waals surface area contributed by atoms with Crippen molar-refractivity contribution in [2.24, 2.45) is 0 Å². The van der Waals surface area contributed by atoms with Crippen molar-refractivity contribution >= 4 is 23.4 Å². The fourth-order valence-corrected chi connectivity index (χ4v) is 4.26. The lowest BCUT2D eigenvalue weighted by atomic mass is 10.0. The second kappa shape index (κ2) is 9.56. The van der Waals surface area contributed by atoms with Crippen LogP contribution in [0, 0.1) is 5.82 Å². The lowest BCUT2D eigenvalue weighted by molar-refractivity contribution is -0.140. The first-order chi connectivity index (χ1) is 15.0. The summed E-state index contributed by atoms with van der Waals surface area (Å²) < 4.78 is 24.3. The number of rotatable bonds is 7. The lowest BCUT2D eigenvalue weighted by Gasteiger charge is -2.32. The highest BCUT2D eigenvalue weighted by Crippen LogP contribution is 2.34. The Balaban J connectivity index is 1.66. The van der Waals surface area contributed by atoms with Gasteiger partial charge < -0.3 is 19.7 Å². The Morgan fingerprint density at radius 3 is 2.52 bits per heavy atom. The zero-order valence-electron chi connectivity index (χ0n) is 17.0. The number of carbonyl (C=O) groups excluding carboxylic acids is 2. The second-order valence-electron chi connectivity index (χ2n) is 7.79. The van der Waals surface area contributed by atoms with Crippen molar-refractivity contribution in [2.75, 3.05) is 12.7 Å². The van der Waals surface area contributed by atoms with E-state index in [2.05, 4.69) is 5.32 Å². The first kappa shape index (κ1) is 21.4. The van der Waals surface area contributed by atoms with Gasteiger partial charge in [0.25, 0.3) is 0 Å². The molecule has 8 heteroatoms. The average molecular weight is 447 g/mol. The third-order valence-electron chi connectivity index (χ3n) is 5.67. The van der Waals surface area contributed by atoms with Gasteiger partial charge in [0.2, 0.25) is 18.6 Å². The van der Waals surface area contributed by atoms with E-state index in [4.69, 9.17) is 21.1 Å². The van der Waals surface area contributed by atoms with E-state index in [1.165, 1.54) is 29.2 Å². The van der Waals surface area contributed by atoms with E-state index in [9.17, 15) is 14.0 Å². The number of hydrogen-bond acceptors (Lipinski definition) is 4. The van der Waals surface area contributed by atoms with Gasteiger partial charge in [-0.25, -0.2) is 4.39 Å². The summed E-state index contributed by atoms with van der Waals surface area (Å²) in [7, 11) is 0. The molecule has 2 aliphatic rings. The minimum atomic E-state index is -0.933. The van der Waals surface area contributed by atoms with Crippen molar-refractivity contribution in [3.8, 4) is 11.5 Å². The summed E-state index contributed by atoms with van der Waals surface area (Å²) in [6.07, 6.45) is 3.95. The highest BCUT2D eigenvalue weighted by molar-refractivity contribution is 6.27. The molecular formula is C23H24ClFN2O4. The molecule has 2 aromatic rings. The van der Waals surface area contributed by atoms with E-state index in [1.54, 1.807) is 12.1 Å². The van der Waals surface area contributed by atoms with Crippen molar-refractivity contribution < 1.29 is 23.5 Å². The molecule has 2 amide bonds. The predicted octanol–water partition coefficient (Wildman–Crippen LogP) is 3.92. The number of amides is 2. The van der Waals surface area contributed by atoms with Crippen molar-refractivity contribution in [1.82, 2.24) is 10.2 Å². The molecule has 1 atom stereocenters. The molecular weight excluding hydrogens is 423 g/mol. The maximum Gasteiger partial charge on any atom is 0.247 e. The molecule has 1 heterocycles. The highest BCUT2D eigenvalue weighted by atomic mass is 35.5. The van der Waals surface area contributed by atoms with E-state index >= 15 is 0 Å². The topological polar surface area (TPSA) is 67.9 Å². The van der Waals surface area contributed by atoms with Crippen molar-refractivity contribution in [3.05, 3.63) is 59.4 Å². The number of hydrogen-bond donors (Lipinski definition) is 1. The maximum absolute atomic E-state index is 13.6. The van der Waals surface area contributed by atoms with E-state index in [1.807, 2.05) is 6.07 Å². The van der Waals surface area contributed by atoms with Crippen LogP contribution in [0.4, 0.5) is 4.39 Å². The number of fused-ring (bicyclic) bond motifs is 1. The molecule has 164 valence electrons. The molecule has 0 aromatic heterocycles. The molecule has 1 aliphatic carbocycles. The molecule has 0 bridgehead atoms. The summed E-state index contributed by atoms with van der Waals surface area (Å²) in [5.74, 6) is -0.158. The molecule has 1 fully saturated rings. The summed E-state index contributed by atoms with van der Waals surface area (Å²) in [5.41, 5.74) is 1.29. The summed E-state index contributed by atoms with van der Waals surface area (Å²) in [4.78, 5) is 27.6. The molecule has 0 radical (unpaired) electrons. The SMILES string of the molecule is O=C(NC1CCCC1)[C@@H](c1ccc(F)cc1)N(Cc1ccc2c(c1)OCO2)C(=O)CCl. The second-order valence-corrected chi connectivity index (χ2v) is 8.05. The van der Waals surface area contributed by atoms with Gasteiger partial charge in [-0.15, -0.1) is 11.6 Å².